The van der Waals surface area contributed by atoms with E-state index in [2.05, 4.69) is 51.9 Å². The molecule has 0 amide bonds. The van der Waals surface area contributed by atoms with Crippen LogP contribution in [0.2, 0.25) is 0 Å². The number of aliphatic imine (C=N–C) groups is 1. The van der Waals surface area contributed by atoms with Crippen LogP contribution in [-0.2, 0) is 17.6 Å². The number of aromatic amines is 1. The molecule has 138 valence electrons. The Bertz CT molecular complexity index is 692. The highest BCUT2D eigenvalue weighted by molar-refractivity contribution is 14.0. The van der Waals surface area contributed by atoms with Crippen LogP contribution in [-0.4, -0.2) is 43.8 Å². The second-order valence-corrected chi connectivity index (χ2v) is 6.27. The molecular weight excluding hydrogens is 427 g/mol. The second-order valence-electron chi connectivity index (χ2n) is 6.27. The van der Waals surface area contributed by atoms with Crippen LogP contribution in [0, 0.1) is 0 Å². The Morgan fingerprint density at radius 1 is 1.32 bits per heavy atom. The number of guanidine groups is 1. The van der Waals surface area contributed by atoms with E-state index < -0.39 is 0 Å². The number of rotatable bonds is 6. The van der Waals surface area contributed by atoms with Crippen molar-refractivity contribution in [1.82, 2.24) is 15.6 Å². The summed E-state index contributed by atoms with van der Waals surface area (Å²) in [6.45, 7) is 4.76. The van der Waals surface area contributed by atoms with E-state index in [1.807, 2.05) is 7.05 Å². The number of para-hydroxylation sites is 1. The minimum Gasteiger partial charge on any atom is -0.376 e. The molecule has 2 aromatic rings. The molecule has 1 unspecified atom stereocenters. The largest absolute Gasteiger partial charge is 0.376 e. The lowest BCUT2D eigenvalue weighted by Crippen LogP contribution is -2.41. The zero-order valence-electron chi connectivity index (χ0n) is 15.1. The van der Waals surface area contributed by atoms with E-state index in [1.54, 1.807) is 0 Å². The highest BCUT2D eigenvalue weighted by atomic mass is 127. The molecule has 6 heteroatoms. The number of halogens is 1. The summed E-state index contributed by atoms with van der Waals surface area (Å²) in [7, 11) is 1.81. The van der Waals surface area contributed by atoms with Crippen molar-refractivity contribution in [2.45, 2.75) is 38.7 Å². The molecule has 0 aliphatic carbocycles. The first kappa shape index (κ1) is 20.0. The van der Waals surface area contributed by atoms with Crippen LogP contribution in [0.15, 0.2) is 29.4 Å². The normalized spacial score (nSPS) is 17.5. The number of H-pyrrole nitrogens is 1. The molecular formula is C19H29IN4O. The minimum atomic E-state index is 0. The molecule has 1 aromatic carbocycles. The average Bonchev–Trinajstić information content (AvgIpc) is 3.27. The maximum atomic E-state index is 5.63. The molecule has 1 aliphatic rings. The maximum absolute atomic E-state index is 5.63. The van der Waals surface area contributed by atoms with Gasteiger partial charge in [-0.1, -0.05) is 25.1 Å². The first-order chi connectivity index (χ1) is 11.8. The van der Waals surface area contributed by atoms with E-state index in [9.17, 15) is 0 Å². The lowest BCUT2D eigenvalue weighted by molar-refractivity contribution is 0.114. The summed E-state index contributed by atoms with van der Waals surface area (Å²) >= 11 is 0. The van der Waals surface area contributed by atoms with Crippen LogP contribution >= 0.6 is 24.0 Å². The minimum absolute atomic E-state index is 0. The van der Waals surface area contributed by atoms with E-state index in [4.69, 9.17) is 4.74 Å². The van der Waals surface area contributed by atoms with Gasteiger partial charge in [0.1, 0.15) is 0 Å². The van der Waals surface area contributed by atoms with Crippen molar-refractivity contribution >= 4 is 40.8 Å². The maximum Gasteiger partial charge on any atom is 0.191 e. The van der Waals surface area contributed by atoms with Gasteiger partial charge in [0.2, 0.25) is 0 Å². The fraction of sp³-hybridized carbons (Fsp3) is 0.526. The van der Waals surface area contributed by atoms with Crippen molar-refractivity contribution in [2.24, 2.45) is 4.99 Å². The number of aryl methyl sites for hydroxylation is 1. The molecule has 2 heterocycles. The zero-order chi connectivity index (χ0) is 16.8. The third-order valence-electron chi connectivity index (χ3n) is 4.70. The van der Waals surface area contributed by atoms with E-state index in [0.717, 1.165) is 44.9 Å². The van der Waals surface area contributed by atoms with Crippen molar-refractivity contribution in [1.29, 1.82) is 0 Å². The van der Waals surface area contributed by atoms with Gasteiger partial charge in [0.25, 0.3) is 0 Å². The van der Waals surface area contributed by atoms with Gasteiger partial charge in [0.15, 0.2) is 5.96 Å². The molecule has 1 saturated heterocycles. The molecule has 0 radical (unpaired) electrons. The highest BCUT2D eigenvalue weighted by Gasteiger charge is 2.15. The summed E-state index contributed by atoms with van der Waals surface area (Å²) in [4.78, 5) is 7.72. The highest BCUT2D eigenvalue weighted by Crippen LogP contribution is 2.22. The van der Waals surface area contributed by atoms with Crippen molar-refractivity contribution in [2.75, 3.05) is 26.7 Å². The van der Waals surface area contributed by atoms with Crippen LogP contribution in [0.3, 0.4) is 0 Å². The Balaban J connectivity index is 0.00000225. The number of hydrogen-bond acceptors (Lipinski definition) is 2. The van der Waals surface area contributed by atoms with Gasteiger partial charge in [-0.05, 0) is 36.8 Å². The Hall–Kier alpha value is -1.28. The van der Waals surface area contributed by atoms with Gasteiger partial charge in [-0.3, -0.25) is 4.99 Å². The molecule has 3 N–H and O–H groups in total. The van der Waals surface area contributed by atoms with Gasteiger partial charge in [0.05, 0.1) is 6.10 Å². The van der Waals surface area contributed by atoms with E-state index >= 15 is 0 Å². The Kier molecular flexibility index (Phi) is 8.02. The fourth-order valence-corrected chi connectivity index (χ4v) is 3.33. The number of benzene rings is 1. The number of nitrogens with one attached hydrogen (secondary N) is 3. The lowest BCUT2D eigenvalue weighted by atomic mass is 10.1. The summed E-state index contributed by atoms with van der Waals surface area (Å²) in [6, 6.07) is 6.54. The second kappa shape index (κ2) is 10.0. The number of nitrogens with zero attached hydrogens (tertiary/aromatic N) is 1. The van der Waals surface area contributed by atoms with Crippen LogP contribution < -0.4 is 10.6 Å². The predicted molar refractivity (Wildman–Crippen MR) is 115 cm³/mol. The summed E-state index contributed by atoms with van der Waals surface area (Å²) in [6.07, 6.45) is 6.78. The third kappa shape index (κ3) is 5.10. The zero-order valence-corrected chi connectivity index (χ0v) is 17.4. The molecule has 5 nitrogen and oxygen atoms in total. The monoisotopic (exact) mass is 456 g/mol. The van der Waals surface area contributed by atoms with Crippen LogP contribution in [0.1, 0.15) is 30.9 Å². The molecule has 0 spiro atoms. The van der Waals surface area contributed by atoms with Gasteiger partial charge >= 0.3 is 0 Å². The van der Waals surface area contributed by atoms with Crippen molar-refractivity contribution in [3.63, 3.8) is 0 Å². The molecule has 25 heavy (non-hydrogen) atoms. The summed E-state index contributed by atoms with van der Waals surface area (Å²) in [5, 5.41) is 8.08. The molecule has 3 rings (SSSR count). The van der Waals surface area contributed by atoms with Crippen LogP contribution in [0.4, 0.5) is 0 Å². The smallest absolute Gasteiger partial charge is 0.191 e. The molecule has 0 saturated carbocycles. The lowest BCUT2D eigenvalue weighted by Gasteiger charge is -2.14. The van der Waals surface area contributed by atoms with Crippen molar-refractivity contribution in [3.8, 4) is 0 Å². The first-order valence-electron chi connectivity index (χ1n) is 8.95. The van der Waals surface area contributed by atoms with E-state index in [1.165, 1.54) is 28.5 Å². The van der Waals surface area contributed by atoms with Crippen LogP contribution in [0.25, 0.3) is 10.9 Å². The standard InChI is InChI=1S/C19H28N4O.HI/c1-3-14-6-4-8-17-15(12-22-18(14)17)9-10-21-19(20-2)23-13-16-7-5-11-24-16;/h4,6,8,12,16,22H,3,5,7,9-11,13H2,1-2H3,(H2,20,21,23);1H. The first-order valence-corrected chi connectivity index (χ1v) is 8.95. The van der Waals surface area contributed by atoms with Gasteiger partial charge in [-0.2, -0.15) is 0 Å². The summed E-state index contributed by atoms with van der Waals surface area (Å²) < 4.78 is 5.63. The Morgan fingerprint density at radius 2 is 2.20 bits per heavy atom. The molecule has 1 fully saturated rings. The van der Waals surface area contributed by atoms with E-state index in [-0.39, 0.29) is 24.0 Å². The van der Waals surface area contributed by atoms with Crippen molar-refractivity contribution in [3.05, 3.63) is 35.5 Å². The number of fused-ring (bicyclic) bond motifs is 1. The Morgan fingerprint density at radius 3 is 2.92 bits per heavy atom. The van der Waals surface area contributed by atoms with Gasteiger partial charge in [0, 0.05) is 43.8 Å². The van der Waals surface area contributed by atoms with E-state index in [0.29, 0.717) is 6.10 Å². The third-order valence-corrected chi connectivity index (χ3v) is 4.70. The van der Waals surface area contributed by atoms with Gasteiger partial charge in [-0.25, -0.2) is 0 Å². The van der Waals surface area contributed by atoms with Gasteiger partial charge in [-0.15, -0.1) is 24.0 Å². The SMILES string of the molecule is CCc1cccc2c(CCNC(=NC)NCC3CCCO3)c[nH]c12.I. The number of hydrogen-bond donors (Lipinski definition) is 3. The Labute approximate surface area is 167 Å². The van der Waals surface area contributed by atoms with Crippen LogP contribution in [0.5, 0.6) is 0 Å². The number of ether oxygens (including phenoxy) is 1. The summed E-state index contributed by atoms with van der Waals surface area (Å²) in [5.41, 5.74) is 4.00. The van der Waals surface area contributed by atoms with Gasteiger partial charge < -0.3 is 20.4 Å². The fourth-order valence-electron chi connectivity index (χ4n) is 3.33. The summed E-state index contributed by atoms with van der Waals surface area (Å²) in [5.74, 6) is 0.847. The molecule has 1 aromatic heterocycles. The quantitative estimate of drug-likeness (QED) is 0.356. The van der Waals surface area contributed by atoms with Crippen molar-refractivity contribution < 1.29 is 4.74 Å². The molecule has 1 aliphatic heterocycles. The predicted octanol–water partition coefficient (Wildman–Crippen LogP) is 3.23. The average molecular weight is 456 g/mol. The number of aromatic nitrogens is 1. The molecule has 0 bridgehead atoms. The topological polar surface area (TPSA) is 61.4 Å². The molecule has 1 atom stereocenters.